The fraction of sp³-hybridized carbons (Fsp3) is 0.333. The van der Waals surface area contributed by atoms with Gasteiger partial charge in [-0.3, -0.25) is 4.79 Å². The highest BCUT2D eigenvalue weighted by Crippen LogP contribution is 2.40. The molecule has 0 fully saturated rings. The quantitative estimate of drug-likeness (QED) is 0.619. The molecule has 0 saturated heterocycles. The fourth-order valence-corrected chi connectivity index (χ4v) is 3.56. The van der Waals surface area contributed by atoms with Gasteiger partial charge in [0.25, 0.3) is 0 Å². The zero-order valence-electron chi connectivity index (χ0n) is 16.9. The number of rotatable bonds is 8. The van der Waals surface area contributed by atoms with Crippen LogP contribution in [0.25, 0.3) is 6.08 Å². The Balaban J connectivity index is 2.43. The highest BCUT2D eigenvalue weighted by atomic mass is 32.2. The number of hydrogen-bond donors (Lipinski definition) is 1. The fourth-order valence-electron chi connectivity index (χ4n) is 2.53. The number of nitrogens with zero attached hydrogens (tertiary/aromatic N) is 2. The molecule has 0 atom stereocenters. The van der Waals surface area contributed by atoms with Gasteiger partial charge in [-0.15, -0.1) is 0 Å². The van der Waals surface area contributed by atoms with E-state index in [4.69, 9.17) is 19.5 Å². The number of hydrogen-bond acceptors (Lipinski definition) is 8. The van der Waals surface area contributed by atoms with Crippen LogP contribution in [-0.2, 0) is 14.3 Å². The van der Waals surface area contributed by atoms with Crippen LogP contribution in [0, 0.1) is 11.3 Å². The van der Waals surface area contributed by atoms with Gasteiger partial charge in [-0.25, -0.2) is 9.79 Å². The molecule has 0 aliphatic carbocycles. The van der Waals surface area contributed by atoms with E-state index < -0.39 is 5.97 Å². The van der Waals surface area contributed by atoms with Crippen molar-refractivity contribution in [2.45, 2.75) is 26.7 Å². The average molecular weight is 430 g/mol. The van der Waals surface area contributed by atoms with E-state index in [1.54, 1.807) is 31.2 Å². The Morgan fingerprint density at radius 1 is 1.30 bits per heavy atom. The molecule has 0 unspecified atom stereocenters. The summed E-state index contributed by atoms with van der Waals surface area (Å²) in [4.78, 5) is 28.6. The molecule has 1 aliphatic heterocycles. The molecule has 30 heavy (non-hydrogen) atoms. The molecule has 1 aromatic rings. The summed E-state index contributed by atoms with van der Waals surface area (Å²) < 4.78 is 15.6. The van der Waals surface area contributed by atoms with Crippen LogP contribution in [0.2, 0.25) is 0 Å². The van der Waals surface area contributed by atoms with Crippen LogP contribution in [0.15, 0.2) is 39.4 Å². The Bertz CT molecular complexity index is 959. The van der Waals surface area contributed by atoms with Crippen molar-refractivity contribution in [1.82, 2.24) is 0 Å². The van der Waals surface area contributed by atoms with E-state index in [0.717, 1.165) is 11.8 Å². The first-order valence-corrected chi connectivity index (χ1v) is 10.1. The van der Waals surface area contributed by atoms with Crippen LogP contribution in [0.5, 0.6) is 11.5 Å². The lowest BCUT2D eigenvalue weighted by molar-refractivity contribution is -0.138. The zero-order valence-corrected chi connectivity index (χ0v) is 17.7. The Labute approximate surface area is 178 Å². The third-order valence-electron chi connectivity index (χ3n) is 3.84. The number of methoxy groups -OCH3 is 1. The van der Waals surface area contributed by atoms with Crippen molar-refractivity contribution in [2.75, 3.05) is 20.3 Å². The summed E-state index contributed by atoms with van der Waals surface area (Å²) in [7, 11) is 1.47. The number of esters is 1. The maximum absolute atomic E-state index is 12.3. The highest BCUT2D eigenvalue weighted by molar-refractivity contribution is 8.18. The summed E-state index contributed by atoms with van der Waals surface area (Å²) in [6.45, 7) is 3.50. The van der Waals surface area contributed by atoms with E-state index in [1.165, 1.54) is 7.11 Å². The second-order valence-electron chi connectivity index (χ2n) is 5.97. The summed E-state index contributed by atoms with van der Waals surface area (Å²) >= 11 is 1.01. The van der Waals surface area contributed by atoms with Gasteiger partial charge in [0.05, 0.1) is 18.6 Å². The number of aliphatic hydroxyl groups is 1. The molecular weight excluding hydrogens is 408 g/mol. The average Bonchev–Trinajstić information content (AvgIpc) is 3.01. The first kappa shape index (κ1) is 23.0. The van der Waals surface area contributed by atoms with Crippen molar-refractivity contribution in [3.8, 4) is 17.6 Å². The van der Waals surface area contributed by atoms with Crippen molar-refractivity contribution >= 4 is 34.8 Å². The molecule has 0 radical (unpaired) electrons. The molecule has 1 N–H and O–H groups in total. The predicted octanol–water partition coefficient (Wildman–Crippen LogP) is 3.79. The van der Waals surface area contributed by atoms with Crippen LogP contribution in [0.1, 0.15) is 32.3 Å². The molecule has 1 aliphatic rings. The lowest BCUT2D eigenvalue weighted by Crippen LogP contribution is -2.14. The monoisotopic (exact) mass is 430 g/mol. The van der Waals surface area contributed by atoms with E-state index in [9.17, 15) is 14.7 Å². The molecule has 158 valence electrons. The number of nitriles is 1. The number of carbonyl (C=O) groups is 2. The number of ether oxygens (including phenoxy) is 3. The molecule has 0 saturated carbocycles. The van der Waals surface area contributed by atoms with Crippen molar-refractivity contribution in [3.05, 3.63) is 40.0 Å². The molecule has 0 aromatic heterocycles. The van der Waals surface area contributed by atoms with Crippen LogP contribution >= 0.6 is 11.8 Å². The van der Waals surface area contributed by atoms with Crippen molar-refractivity contribution in [3.63, 3.8) is 0 Å². The molecular formula is C21H22N2O6S. The zero-order chi connectivity index (χ0) is 22.1. The van der Waals surface area contributed by atoms with Crippen LogP contribution < -0.4 is 9.47 Å². The number of aliphatic imine (C=N–C) groups is 1. The van der Waals surface area contributed by atoms with Gasteiger partial charge >= 0.3 is 5.97 Å². The van der Waals surface area contributed by atoms with Gasteiger partial charge in [0.1, 0.15) is 22.4 Å². The smallest absolute Gasteiger partial charge is 0.344 e. The van der Waals surface area contributed by atoms with E-state index in [1.807, 2.05) is 13.0 Å². The predicted molar refractivity (Wildman–Crippen MR) is 113 cm³/mol. The molecule has 1 amide bonds. The molecule has 9 heteroatoms. The first-order valence-electron chi connectivity index (χ1n) is 9.25. The summed E-state index contributed by atoms with van der Waals surface area (Å²) in [6.07, 6.45) is 2.48. The molecule has 0 spiro atoms. The van der Waals surface area contributed by atoms with Gasteiger partial charge in [0.2, 0.25) is 5.91 Å². The van der Waals surface area contributed by atoms with Crippen molar-refractivity contribution in [1.29, 1.82) is 5.26 Å². The molecule has 8 nitrogen and oxygen atoms in total. The molecule has 1 aromatic carbocycles. The molecule has 2 rings (SSSR count). The van der Waals surface area contributed by atoms with Crippen molar-refractivity contribution in [2.24, 2.45) is 4.99 Å². The lowest BCUT2D eigenvalue weighted by Gasteiger charge is -2.09. The summed E-state index contributed by atoms with van der Waals surface area (Å²) in [6, 6.07) is 6.89. The Morgan fingerprint density at radius 2 is 2.07 bits per heavy atom. The normalized spacial score (nSPS) is 15.9. The summed E-state index contributed by atoms with van der Waals surface area (Å²) in [5.74, 6) is -0.614. The summed E-state index contributed by atoms with van der Waals surface area (Å²) in [5, 5.41) is 19.4. The van der Waals surface area contributed by atoms with Crippen LogP contribution in [-0.4, -0.2) is 42.4 Å². The Hall–Kier alpha value is -3.25. The summed E-state index contributed by atoms with van der Waals surface area (Å²) in [5.41, 5.74) is 0.521. The second-order valence-corrected chi connectivity index (χ2v) is 7.00. The van der Waals surface area contributed by atoms with Gasteiger partial charge in [-0.05, 0) is 37.1 Å². The van der Waals surface area contributed by atoms with Gasteiger partial charge in [-0.2, -0.15) is 5.26 Å². The Kier molecular flexibility index (Phi) is 8.50. The van der Waals surface area contributed by atoms with Gasteiger partial charge in [0, 0.05) is 6.42 Å². The minimum Gasteiger partial charge on any atom is -0.506 e. The number of thioether (sulfide) groups is 1. The lowest BCUT2D eigenvalue weighted by atomic mass is 10.1. The third kappa shape index (κ3) is 5.64. The van der Waals surface area contributed by atoms with Crippen LogP contribution in [0.4, 0.5) is 0 Å². The molecule has 1 heterocycles. The van der Waals surface area contributed by atoms with E-state index in [-0.39, 0.29) is 41.9 Å². The third-order valence-corrected chi connectivity index (χ3v) is 4.86. The van der Waals surface area contributed by atoms with Crippen LogP contribution in [0.3, 0.4) is 0 Å². The Morgan fingerprint density at radius 3 is 2.70 bits per heavy atom. The first-order chi connectivity index (χ1) is 14.4. The largest absolute Gasteiger partial charge is 0.506 e. The molecule has 0 bridgehead atoms. The topological polar surface area (TPSA) is 118 Å². The van der Waals surface area contributed by atoms with E-state index in [2.05, 4.69) is 4.99 Å². The maximum atomic E-state index is 12.3. The van der Waals surface area contributed by atoms with Gasteiger partial charge in [-0.1, -0.05) is 24.8 Å². The van der Waals surface area contributed by atoms with Gasteiger partial charge < -0.3 is 19.3 Å². The number of aliphatic hydroxyl groups excluding tert-OH is 1. The number of amides is 1. The standard InChI is InChI=1S/C21H22N2O6S/c1-4-6-17(24)23-20-18(21(26)28-5-2)19(25)16(30-20)12-13-7-8-14(29-10-9-22)15(11-13)27-3/h7-8,11-12,25H,4-6,10H2,1-3H3/b16-12-,23-20?. The second kappa shape index (κ2) is 11.1. The SMILES string of the molecule is CCCC(=O)N=C1S/C(=C\c2ccc(OCC#N)c(OC)c2)C(O)=C1C(=O)OCC. The van der Waals surface area contributed by atoms with Crippen molar-refractivity contribution < 1.29 is 28.9 Å². The van der Waals surface area contributed by atoms with Gasteiger partial charge in [0.15, 0.2) is 18.1 Å². The number of carbonyl (C=O) groups excluding carboxylic acids is 2. The van der Waals surface area contributed by atoms with E-state index in [0.29, 0.717) is 28.4 Å². The highest BCUT2D eigenvalue weighted by Gasteiger charge is 2.33. The minimum atomic E-state index is -0.744. The van der Waals surface area contributed by atoms with E-state index >= 15 is 0 Å². The maximum Gasteiger partial charge on any atom is 0.344 e. The number of benzene rings is 1. The minimum absolute atomic E-state index is 0.108.